The van der Waals surface area contributed by atoms with Gasteiger partial charge in [-0.1, -0.05) is 42.8 Å². The van der Waals surface area contributed by atoms with E-state index in [1.54, 1.807) is 47.5 Å². The van der Waals surface area contributed by atoms with Crippen LogP contribution in [0.2, 0.25) is 5.02 Å². The first kappa shape index (κ1) is 41.8. The average molecular weight is 839 g/mol. The van der Waals surface area contributed by atoms with Gasteiger partial charge in [-0.15, -0.1) is 13.2 Å². The maximum Gasteiger partial charge on any atom is 0.573 e. The summed E-state index contributed by atoms with van der Waals surface area (Å²) in [4.78, 5) is 56.9. The number of H-pyrrole nitrogens is 1. The van der Waals surface area contributed by atoms with Crippen molar-refractivity contribution in [2.75, 3.05) is 56.7 Å². The Balaban J connectivity index is 1.09. The summed E-state index contributed by atoms with van der Waals surface area (Å²) in [6, 6.07) is 11.2. The van der Waals surface area contributed by atoms with Gasteiger partial charge in [0.1, 0.15) is 23.4 Å². The molecule has 3 aliphatic heterocycles. The molecule has 59 heavy (non-hydrogen) atoms. The third-order valence-corrected chi connectivity index (χ3v) is 11.5. The number of hydrogen-bond donors (Lipinski definition) is 4. The number of halogens is 4. The number of anilines is 2. The molecule has 4 atom stereocenters. The Morgan fingerprint density at radius 3 is 2.44 bits per heavy atom. The van der Waals surface area contributed by atoms with E-state index in [4.69, 9.17) is 16.3 Å². The van der Waals surface area contributed by atoms with Crippen molar-refractivity contribution in [2.24, 2.45) is 11.8 Å². The van der Waals surface area contributed by atoms with Crippen LogP contribution in [0.3, 0.4) is 0 Å². The van der Waals surface area contributed by atoms with Crippen molar-refractivity contribution in [3.63, 3.8) is 0 Å². The van der Waals surface area contributed by atoms with Crippen LogP contribution in [0.15, 0.2) is 60.9 Å². The molecule has 1 unspecified atom stereocenters. The van der Waals surface area contributed by atoms with Gasteiger partial charge < -0.3 is 40.0 Å². The van der Waals surface area contributed by atoms with Gasteiger partial charge in [-0.2, -0.15) is 0 Å². The topological polar surface area (TPSA) is 165 Å². The van der Waals surface area contributed by atoms with E-state index in [1.807, 2.05) is 6.92 Å². The lowest BCUT2D eigenvalue weighted by Crippen LogP contribution is -2.53. The largest absolute Gasteiger partial charge is 0.573 e. The zero-order chi connectivity index (χ0) is 42.0. The number of ether oxygens (including phenoxy) is 2. The van der Waals surface area contributed by atoms with Gasteiger partial charge >= 0.3 is 12.5 Å². The Morgan fingerprint density at radius 1 is 1.05 bits per heavy atom. The number of carboxylic acid groups (broad SMARTS) is 1. The van der Waals surface area contributed by atoms with Crippen molar-refractivity contribution in [3.8, 4) is 28.1 Å². The number of amides is 3. The SMILES string of the molecule is CC1CNCCN1c1ccc(NC(=O)c2cc(OC(F)(F)F)c(-c3ccc(-c4cnc([C@@H]5C[C@H](C)CN5C(=O)[C@H](C5CCOCC5)N(C)C(=O)O)[nH]4)cc3)cc2Cl)cn1. The molecule has 3 amide bonds. The number of benzene rings is 2. The number of likely N-dealkylation sites (tertiary alicyclic amines) is 1. The summed E-state index contributed by atoms with van der Waals surface area (Å²) in [6.45, 7) is 7.85. The van der Waals surface area contributed by atoms with Crippen LogP contribution in [-0.4, -0.2) is 113 Å². The van der Waals surface area contributed by atoms with Crippen molar-refractivity contribution < 1.29 is 42.1 Å². The molecule has 14 nitrogen and oxygen atoms in total. The molecule has 0 aliphatic carbocycles. The molecule has 2 aromatic heterocycles. The normalized spacial score (nSPS) is 20.6. The van der Waals surface area contributed by atoms with E-state index in [9.17, 15) is 32.7 Å². The number of piperazine rings is 1. The molecule has 3 fully saturated rings. The minimum absolute atomic E-state index is 0.0106. The number of rotatable bonds is 10. The molecule has 314 valence electrons. The Hall–Kier alpha value is -5.39. The summed E-state index contributed by atoms with van der Waals surface area (Å²) < 4.78 is 51.1. The van der Waals surface area contributed by atoms with Crippen LogP contribution < -0.4 is 20.3 Å². The lowest BCUT2D eigenvalue weighted by molar-refractivity contribution is -0.274. The fraction of sp³-hybridized carbons (Fsp3) is 0.439. The van der Waals surface area contributed by atoms with Crippen molar-refractivity contribution in [1.82, 2.24) is 30.1 Å². The van der Waals surface area contributed by atoms with Crippen LogP contribution in [0, 0.1) is 11.8 Å². The van der Waals surface area contributed by atoms with Gasteiger partial charge in [0.05, 0.1) is 40.4 Å². The van der Waals surface area contributed by atoms with Crippen LogP contribution in [0.5, 0.6) is 5.75 Å². The number of aromatic amines is 1. The summed E-state index contributed by atoms with van der Waals surface area (Å²) in [6.07, 6.45) is -1.39. The van der Waals surface area contributed by atoms with Crippen LogP contribution >= 0.6 is 11.6 Å². The third-order valence-electron chi connectivity index (χ3n) is 11.2. The summed E-state index contributed by atoms with van der Waals surface area (Å²) in [7, 11) is 1.42. The predicted molar refractivity (Wildman–Crippen MR) is 214 cm³/mol. The maximum absolute atomic E-state index is 14.1. The molecule has 0 radical (unpaired) electrons. The zero-order valence-corrected chi connectivity index (χ0v) is 33.5. The number of pyridine rings is 1. The first-order valence-corrected chi connectivity index (χ1v) is 19.9. The molecule has 3 aliphatic rings. The van der Waals surface area contributed by atoms with Gasteiger partial charge in [-0.3, -0.25) is 14.5 Å². The molecule has 4 N–H and O–H groups in total. The minimum Gasteiger partial charge on any atom is -0.465 e. The monoisotopic (exact) mass is 838 g/mol. The first-order chi connectivity index (χ1) is 28.2. The van der Waals surface area contributed by atoms with Crippen LogP contribution in [0.1, 0.15) is 55.3 Å². The van der Waals surface area contributed by atoms with Gasteiger partial charge in [0.25, 0.3) is 5.91 Å². The molecule has 7 rings (SSSR count). The first-order valence-electron chi connectivity index (χ1n) is 19.5. The van der Waals surface area contributed by atoms with E-state index in [0.717, 1.165) is 36.4 Å². The molecule has 3 saturated heterocycles. The summed E-state index contributed by atoms with van der Waals surface area (Å²) in [5.74, 6) is -0.404. The molecular formula is C41H46ClF3N8O6. The van der Waals surface area contributed by atoms with Gasteiger partial charge in [0.2, 0.25) is 5.91 Å². The molecule has 5 heterocycles. The quantitative estimate of drug-likeness (QED) is 0.130. The Bertz CT molecular complexity index is 2150. The fourth-order valence-corrected chi connectivity index (χ4v) is 8.46. The lowest BCUT2D eigenvalue weighted by atomic mass is 9.89. The fourth-order valence-electron chi connectivity index (χ4n) is 8.21. The third kappa shape index (κ3) is 9.42. The minimum atomic E-state index is -5.07. The molecule has 18 heteroatoms. The number of carbonyl (C=O) groups excluding carboxylic acids is 2. The molecule has 0 bridgehead atoms. The van der Waals surface area contributed by atoms with E-state index in [0.29, 0.717) is 67.4 Å². The number of nitrogens with one attached hydrogen (secondary N) is 3. The highest BCUT2D eigenvalue weighted by Gasteiger charge is 2.44. The lowest BCUT2D eigenvalue weighted by Gasteiger charge is -2.37. The predicted octanol–water partition coefficient (Wildman–Crippen LogP) is 7.06. The van der Waals surface area contributed by atoms with Crippen LogP contribution in [0.25, 0.3) is 22.4 Å². The Morgan fingerprint density at radius 2 is 1.78 bits per heavy atom. The van der Waals surface area contributed by atoms with Crippen molar-refractivity contribution >= 4 is 41.0 Å². The summed E-state index contributed by atoms with van der Waals surface area (Å²) >= 11 is 6.55. The molecule has 4 aromatic rings. The highest BCUT2D eigenvalue weighted by molar-refractivity contribution is 6.35. The molecule has 0 saturated carbocycles. The number of hydrogen-bond acceptors (Lipinski definition) is 9. The van der Waals surface area contributed by atoms with E-state index < -0.39 is 36.2 Å². The Labute approximate surface area is 344 Å². The van der Waals surface area contributed by atoms with Crippen molar-refractivity contribution in [3.05, 3.63) is 77.3 Å². The number of likely N-dealkylation sites (N-methyl/N-ethyl adjacent to an activating group) is 1. The number of alkyl halides is 3. The second-order valence-electron chi connectivity index (χ2n) is 15.4. The van der Waals surface area contributed by atoms with E-state index in [1.165, 1.54) is 19.3 Å². The second kappa shape index (κ2) is 17.5. The number of nitrogens with zero attached hydrogens (tertiary/aromatic N) is 5. The van der Waals surface area contributed by atoms with Gasteiger partial charge in [0, 0.05) is 58.0 Å². The van der Waals surface area contributed by atoms with E-state index >= 15 is 0 Å². The van der Waals surface area contributed by atoms with Crippen LogP contribution in [-0.2, 0) is 9.53 Å². The second-order valence-corrected chi connectivity index (χ2v) is 15.8. The zero-order valence-electron chi connectivity index (χ0n) is 32.8. The summed E-state index contributed by atoms with van der Waals surface area (Å²) in [5.41, 5.74) is 1.73. The molecule has 0 spiro atoms. The number of aromatic nitrogens is 3. The summed E-state index contributed by atoms with van der Waals surface area (Å²) in [5, 5.41) is 15.8. The van der Waals surface area contributed by atoms with Gasteiger partial charge in [-0.05, 0) is 73.4 Å². The smallest absolute Gasteiger partial charge is 0.465 e. The molecule has 2 aromatic carbocycles. The molecular weight excluding hydrogens is 793 g/mol. The Kier molecular flexibility index (Phi) is 12.4. The van der Waals surface area contributed by atoms with Gasteiger partial charge in [-0.25, -0.2) is 14.8 Å². The maximum atomic E-state index is 14.1. The van der Waals surface area contributed by atoms with Crippen LogP contribution in [0.4, 0.5) is 29.5 Å². The van der Waals surface area contributed by atoms with E-state index in [2.05, 4.69) is 42.1 Å². The van der Waals surface area contributed by atoms with Gasteiger partial charge in [0.15, 0.2) is 0 Å². The highest BCUT2D eigenvalue weighted by atomic mass is 35.5. The van der Waals surface area contributed by atoms with Crippen molar-refractivity contribution in [1.29, 1.82) is 0 Å². The highest BCUT2D eigenvalue weighted by Crippen LogP contribution is 2.40. The standard InChI is InChI=1S/C41H46ClF3N8O6/c1-23-16-33(53(22-23)39(55)36(51(3)40(56)57)27-10-14-58-15-11-27)37-48-21-32(50-37)26-6-4-25(5-7-26)29-17-31(42)30(18-34(29)59-41(43,44)45)38(54)49-28-8-9-35(47-20-28)52-13-12-46-19-24(52)2/h4-9,17-18,20-21,23-24,27,33,36,46H,10-16,19,22H2,1-3H3,(H,48,50)(H,49,54)(H,56,57)/t23-,24?,33-,36-/m0/s1. The van der Waals surface area contributed by atoms with E-state index in [-0.39, 0.29) is 39.9 Å². The number of imidazole rings is 1. The average Bonchev–Trinajstić information content (AvgIpc) is 3.86. The number of carbonyl (C=O) groups is 3. The van der Waals surface area contributed by atoms with Crippen molar-refractivity contribution in [2.45, 2.75) is 57.6 Å².